The Morgan fingerprint density at radius 1 is 0.838 bits per heavy atom. The lowest BCUT2D eigenvalue weighted by molar-refractivity contribution is -0.147. The predicted octanol–water partition coefficient (Wildman–Crippen LogP) is -2.42. The molecular formula is C52H70N14O14. The van der Waals surface area contributed by atoms with Gasteiger partial charge in [-0.1, -0.05) is 53.7 Å². The molecule has 4 aliphatic heterocycles. The summed E-state index contributed by atoms with van der Waals surface area (Å²) in [5.41, 5.74) is 12.4. The summed E-state index contributed by atoms with van der Waals surface area (Å²) in [6, 6.07) is -5.42. The maximum atomic E-state index is 15.3. The molecule has 0 unspecified atom stereocenters. The Hall–Kier alpha value is -8.72. The molecule has 1 fully saturated rings. The van der Waals surface area contributed by atoms with Crippen LogP contribution in [0.5, 0.6) is 0 Å². The highest BCUT2D eigenvalue weighted by atomic mass is 16.4. The molecular weight excluding hydrogens is 1040 g/mol. The minimum atomic E-state index is -1.91. The number of guanidine groups is 1. The average molecular weight is 1120 g/mol. The van der Waals surface area contributed by atoms with E-state index in [9.17, 15) is 63.0 Å². The number of ketones is 2. The summed E-state index contributed by atoms with van der Waals surface area (Å²) >= 11 is 0. The van der Waals surface area contributed by atoms with E-state index >= 15 is 4.79 Å². The normalized spacial score (nSPS) is 23.6. The van der Waals surface area contributed by atoms with Crippen LogP contribution >= 0.6 is 0 Å². The number of amides is 8. The Morgan fingerprint density at radius 3 is 2.17 bits per heavy atom. The highest BCUT2D eigenvalue weighted by Crippen LogP contribution is 2.35. The molecule has 2 aromatic heterocycles. The van der Waals surface area contributed by atoms with Crippen molar-refractivity contribution in [2.75, 3.05) is 13.1 Å². The third-order valence-corrected chi connectivity index (χ3v) is 14.1. The number of carboxylic acids is 2. The largest absolute Gasteiger partial charge is 0.481 e. The second-order valence-electron chi connectivity index (χ2n) is 21.4. The Bertz CT molecular complexity index is 2960. The first kappa shape index (κ1) is 60.5. The number of aliphatic imine (C=N–C) groups is 1. The van der Waals surface area contributed by atoms with Gasteiger partial charge in [-0.25, -0.2) is 9.78 Å². The fourth-order valence-electron chi connectivity index (χ4n) is 10.1. The summed E-state index contributed by atoms with van der Waals surface area (Å²) in [4.78, 5) is 176. The van der Waals surface area contributed by atoms with Crippen molar-refractivity contribution < 1.29 is 67.7 Å². The van der Waals surface area contributed by atoms with E-state index in [1.165, 1.54) is 17.1 Å². The number of imidazole rings is 1. The van der Waals surface area contributed by atoms with Crippen LogP contribution in [0.2, 0.25) is 0 Å². The first-order valence-corrected chi connectivity index (χ1v) is 26.4. The van der Waals surface area contributed by atoms with Crippen molar-refractivity contribution in [2.45, 2.75) is 141 Å². The fraction of sp³-hybridized carbons (Fsp3) is 0.538. The molecule has 0 aliphatic carbocycles. The monoisotopic (exact) mass is 1110 g/mol. The van der Waals surface area contributed by atoms with Crippen molar-refractivity contribution in [3.63, 3.8) is 0 Å². The number of carbonyl (C=O) groups excluding carboxylic acids is 10. The number of nitrogens with two attached hydrogens (primary N) is 2. The Morgan fingerprint density at radius 2 is 1.55 bits per heavy atom. The molecule has 7 bridgehead atoms. The van der Waals surface area contributed by atoms with E-state index in [4.69, 9.17) is 11.5 Å². The second-order valence-corrected chi connectivity index (χ2v) is 21.4. The number of benzene rings is 1. The SMILES string of the molecule is CC(C)C[C@@H]1NC(=O)[C@@H](NC(=O)C(=O)[C@@H]2CCC(=O)N2)[C@@H](C(C)C)c2ccc3c4c([nH]c3c2)-n2cnc(c2)C[C@@H](C(=O)N[C@@H](CC(=O)O)C(=O)O)NC(=O)CNC(=O)[C@H](CCCN=C(N)N)C(=O)[C@H](C4)NC(=O)[C@H](C(C)C)NC1=O. The molecule has 0 radical (unpaired) electrons. The molecule has 1 aromatic carbocycles. The van der Waals surface area contributed by atoms with Gasteiger partial charge in [-0.3, -0.25) is 62.3 Å². The molecule has 7 rings (SSSR count). The lowest BCUT2D eigenvalue weighted by atomic mass is 9.81. The fourth-order valence-corrected chi connectivity index (χ4v) is 10.1. The van der Waals surface area contributed by atoms with Gasteiger partial charge in [-0.15, -0.1) is 0 Å². The van der Waals surface area contributed by atoms with Crippen LogP contribution in [-0.4, -0.2) is 157 Å². The third-order valence-electron chi connectivity index (χ3n) is 14.1. The maximum Gasteiger partial charge on any atom is 0.326 e. The number of Topliss-reactive ketones (excluding diaryl/α,β-unsaturated/α-hetero) is 2. The molecule has 8 amide bonds. The number of fused-ring (bicyclic) bond motifs is 13. The van der Waals surface area contributed by atoms with Crippen LogP contribution < -0.4 is 54.0 Å². The van der Waals surface area contributed by atoms with Gasteiger partial charge in [0.05, 0.1) is 36.7 Å². The smallest absolute Gasteiger partial charge is 0.326 e. The van der Waals surface area contributed by atoms with Gasteiger partial charge >= 0.3 is 11.9 Å². The van der Waals surface area contributed by atoms with Crippen molar-refractivity contribution in [3.05, 3.63) is 47.5 Å². The number of hydrogen-bond acceptors (Lipinski definition) is 14. The summed E-state index contributed by atoms with van der Waals surface area (Å²) in [6.45, 7) is 9.57. The molecule has 432 valence electrons. The molecule has 0 saturated carbocycles. The molecule has 3 aromatic rings. The Labute approximate surface area is 458 Å². The van der Waals surface area contributed by atoms with Gasteiger partial charge in [-0.2, -0.15) is 0 Å². The second kappa shape index (κ2) is 26.3. The molecule has 15 N–H and O–H groups in total. The van der Waals surface area contributed by atoms with E-state index in [2.05, 4.69) is 57.5 Å². The molecule has 28 nitrogen and oxygen atoms in total. The standard InChI is InChI=1S/C52H70N14O14/c1-22(2)14-33-47(75)64-40(24(5)6)48(76)61-32-17-29-27-10-9-25(39(23(3)4)41(49(77)62-33)65-50(78)43(72)30-11-12-36(67)58-30)15-31(27)60-44(29)66-20-26(57-21-66)16-34(46(74)63-35(51(79)80)18-38(69)70)59-37(68)19-56-45(73)28(42(32)71)8-7-13-55-52(53)54/h9-10,15,20-24,28,30,32-35,39-41,60H,7-8,11-14,16-19H2,1-6H3,(H,56,73)(H,58,67)(H,59,68)(H,61,76)(H,62,77)(H,63,74)(H,64,75)(H,65,78)(H,69,70)(H,79,80)(H4,53,54,55)/t28-,30+,32+,33+,34+,35+,39+,40+,41+/m1/s1. The van der Waals surface area contributed by atoms with E-state index in [0.717, 1.165) is 0 Å². The third kappa shape index (κ3) is 15.1. The van der Waals surface area contributed by atoms with Crippen LogP contribution in [0.15, 0.2) is 35.7 Å². The summed E-state index contributed by atoms with van der Waals surface area (Å²) in [5, 5.41) is 40.0. The first-order valence-electron chi connectivity index (χ1n) is 26.4. The minimum absolute atomic E-state index is 0.0106. The highest BCUT2D eigenvalue weighted by Gasteiger charge is 2.42. The zero-order valence-electron chi connectivity index (χ0n) is 45.2. The number of carboxylic acid groups (broad SMARTS) is 2. The number of aromatic nitrogens is 3. The molecule has 80 heavy (non-hydrogen) atoms. The number of hydrogen-bond donors (Lipinski definition) is 13. The van der Waals surface area contributed by atoms with Crippen molar-refractivity contribution in [2.24, 2.45) is 40.1 Å². The van der Waals surface area contributed by atoms with Gasteiger partial charge in [0.25, 0.3) is 5.91 Å². The Balaban J connectivity index is 1.59. The summed E-state index contributed by atoms with van der Waals surface area (Å²) in [5.74, 6) is -16.2. The number of aromatic amines is 1. The lowest BCUT2D eigenvalue weighted by Gasteiger charge is -2.33. The first-order chi connectivity index (χ1) is 37.7. The summed E-state index contributed by atoms with van der Waals surface area (Å²) in [6.07, 6.45) is 0.931. The highest BCUT2D eigenvalue weighted by molar-refractivity contribution is 6.39. The molecule has 9 atom stereocenters. The molecule has 4 aliphatic rings. The van der Waals surface area contributed by atoms with E-state index in [0.29, 0.717) is 22.0 Å². The number of nitrogens with one attached hydrogen (secondary N) is 9. The lowest BCUT2D eigenvalue weighted by Crippen LogP contribution is -2.61. The molecule has 28 heteroatoms. The van der Waals surface area contributed by atoms with Gasteiger partial charge in [0, 0.05) is 54.4 Å². The van der Waals surface area contributed by atoms with Crippen LogP contribution in [0.3, 0.4) is 0 Å². The number of aliphatic carboxylic acids is 2. The molecule has 0 spiro atoms. The Kier molecular flexibility index (Phi) is 19.9. The van der Waals surface area contributed by atoms with Crippen LogP contribution in [0.4, 0.5) is 0 Å². The molecule has 1 saturated heterocycles. The number of carbonyl (C=O) groups is 12. The quantitative estimate of drug-likeness (QED) is 0.0177. The van der Waals surface area contributed by atoms with E-state index in [-0.39, 0.29) is 68.5 Å². The predicted molar refractivity (Wildman–Crippen MR) is 284 cm³/mol. The van der Waals surface area contributed by atoms with Crippen molar-refractivity contribution in [1.29, 1.82) is 0 Å². The van der Waals surface area contributed by atoms with Crippen LogP contribution in [-0.2, 0) is 70.4 Å². The van der Waals surface area contributed by atoms with E-state index in [1.54, 1.807) is 59.7 Å². The van der Waals surface area contributed by atoms with Crippen LogP contribution in [0.25, 0.3) is 16.7 Å². The van der Waals surface area contributed by atoms with Gasteiger partial charge < -0.3 is 69.2 Å². The zero-order valence-corrected chi connectivity index (χ0v) is 45.2. The number of rotatable bonds is 16. The van der Waals surface area contributed by atoms with Crippen LogP contribution in [0, 0.1) is 23.7 Å². The minimum Gasteiger partial charge on any atom is -0.481 e. The average Bonchev–Trinajstić information content (AvgIpc) is 4.15. The number of H-pyrrole nitrogens is 1. The van der Waals surface area contributed by atoms with Gasteiger partial charge in [0.15, 0.2) is 11.7 Å². The van der Waals surface area contributed by atoms with E-state index < -0.39 is 156 Å². The topological polar surface area (TPSA) is 440 Å². The van der Waals surface area contributed by atoms with Gasteiger partial charge in [-0.05, 0) is 55.1 Å². The van der Waals surface area contributed by atoms with Crippen LogP contribution in [0.1, 0.15) is 103 Å². The summed E-state index contributed by atoms with van der Waals surface area (Å²) in [7, 11) is 0. The van der Waals surface area contributed by atoms with Gasteiger partial charge in [0.1, 0.15) is 42.4 Å². The maximum absolute atomic E-state index is 15.3. The number of nitrogens with zero attached hydrogens (tertiary/aromatic N) is 3. The van der Waals surface area contributed by atoms with Crippen molar-refractivity contribution in [1.82, 2.24) is 57.1 Å². The summed E-state index contributed by atoms with van der Waals surface area (Å²) < 4.78 is 1.48. The molecule has 6 heterocycles. The van der Waals surface area contributed by atoms with Gasteiger partial charge in [0.2, 0.25) is 47.1 Å². The van der Waals surface area contributed by atoms with Crippen molar-refractivity contribution in [3.8, 4) is 5.82 Å². The van der Waals surface area contributed by atoms with Crippen molar-refractivity contribution >= 4 is 87.6 Å². The zero-order chi connectivity index (χ0) is 58.9. The van der Waals surface area contributed by atoms with E-state index in [1.807, 2.05) is 0 Å².